The first-order valence-electron chi connectivity index (χ1n) is 13.3. The van der Waals surface area contributed by atoms with Crippen LogP contribution >= 0.6 is 0 Å². The van der Waals surface area contributed by atoms with Gasteiger partial charge in [0.2, 0.25) is 5.91 Å². The first kappa shape index (κ1) is 24.9. The smallest absolute Gasteiger partial charge is 0.273 e. The lowest BCUT2D eigenvalue weighted by Crippen LogP contribution is -2.39. The maximum absolute atomic E-state index is 13.1. The van der Waals surface area contributed by atoms with Gasteiger partial charge >= 0.3 is 0 Å². The third kappa shape index (κ3) is 3.95. The molecule has 2 saturated carbocycles. The maximum atomic E-state index is 13.1. The van der Waals surface area contributed by atoms with Gasteiger partial charge in [0, 0.05) is 31.7 Å². The predicted molar refractivity (Wildman–Crippen MR) is 141 cm³/mol. The molecular weight excluding hydrogens is 486 g/mol. The number of methoxy groups -OCH3 is 1. The Labute approximate surface area is 222 Å². The van der Waals surface area contributed by atoms with E-state index in [1.54, 1.807) is 21.2 Å². The number of anilines is 2. The molecule has 1 aromatic heterocycles. The molecule has 0 radical (unpaired) electrons. The Balaban J connectivity index is 1.14. The largest absolute Gasteiger partial charge is 0.497 e. The van der Waals surface area contributed by atoms with Crippen LogP contribution in [0, 0.1) is 17.8 Å². The number of hydrogen-bond acceptors (Lipinski definition) is 9. The molecule has 6 atom stereocenters. The van der Waals surface area contributed by atoms with Gasteiger partial charge in [0.1, 0.15) is 5.75 Å². The number of nitrogens with zero attached hydrogens (tertiary/aromatic N) is 3. The van der Waals surface area contributed by atoms with Crippen molar-refractivity contribution in [3.63, 3.8) is 0 Å². The fraction of sp³-hybridized carbons (Fsp3) is 0.556. The van der Waals surface area contributed by atoms with Crippen LogP contribution in [0.15, 0.2) is 24.4 Å². The van der Waals surface area contributed by atoms with Crippen LogP contribution in [0.1, 0.15) is 48.7 Å². The number of carbonyl (C=O) groups is 2. The average Bonchev–Trinajstić information content (AvgIpc) is 3.47. The average molecular weight is 522 g/mol. The van der Waals surface area contributed by atoms with Crippen molar-refractivity contribution in [2.24, 2.45) is 17.8 Å². The Kier molecular flexibility index (Phi) is 6.14. The van der Waals surface area contributed by atoms with E-state index < -0.39 is 5.41 Å². The summed E-state index contributed by atoms with van der Waals surface area (Å²) in [6.07, 6.45) is 5.38. The molecule has 6 rings (SSSR count). The highest BCUT2D eigenvalue weighted by molar-refractivity contribution is 6.09. The topological polar surface area (TPSA) is 130 Å². The molecule has 2 aliphatic carbocycles. The lowest BCUT2D eigenvalue weighted by atomic mass is 9.74. The molecule has 4 aliphatic rings. The van der Waals surface area contributed by atoms with Gasteiger partial charge in [-0.1, -0.05) is 0 Å². The Morgan fingerprint density at radius 1 is 1.26 bits per heavy atom. The first-order valence-corrected chi connectivity index (χ1v) is 13.3. The second-order valence-corrected chi connectivity index (χ2v) is 10.9. The number of ether oxygens (including phenoxy) is 2. The zero-order chi connectivity index (χ0) is 26.6. The van der Waals surface area contributed by atoms with E-state index >= 15 is 0 Å². The molecule has 1 aromatic carbocycles. The number of hydrogen-bond donors (Lipinski definition) is 4. The van der Waals surface area contributed by atoms with Crippen LogP contribution in [0.25, 0.3) is 0 Å². The molecule has 3 heterocycles. The molecule has 2 aromatic rings. The lowest BCUT2D eigenvalue weighted by molar-refractivity contribution is -0.118. The van der Waals surface area contributed by atoms with Crippen molar-refractivity contribution in [2.75, 3.05) is 38.4 Å². The quantitative estimate of drug-likeness (QED) is 0.433. The van der Waals surface area contributed by atoms with Gasteiger partial charge in [-0.2, -0.15) is 0 Å². The summed E-state index contributed by atoms with van der Waals surface area (Å²) in [7, 11) is 5.02. The molecule has 11 nitrogen and oxygen atoms in total. The molecule has 0 bridgehead atoms. The molecule has 4 unspecified atom stereocenters. The highest BCUT2D eigenvalue weighted by Crippen LogP contribution is 2.65. The summed E-state index contributed by atoms with van der Waals surface area (Å²) >= 11 is 0. The number of aromatic nitrogens is 2. The highest BCUT2D eigenvalue weighted by atomic mass is 16.5. The van der Waals surface area contributed by atoms with Crippen molar-refractivity contribution < 1.29 is 19.1 Å². The molecule has 1 spiro atoms. The van der Waals surface area contributed by atoms with Gasteiger partial charge < -0.3 is 25.0 Å². The molecule has 3 fully saturated rings. The number of rotatable bonds is 7. The highest BCUT2D eigenvalue weighted by Gasteiger charge is 2.67. The zero-order valence-electron chi connectivity index (χ0n) is 22.2. The third-order valence-electron chi connectivity index (χ3n) is 8.68. The second kappa shape index (κ2) is 9.39. The van der Waals surface area contributed by atoms with Crippen molar-refractivity contribution in [2.45, 2.75) is 50.2 Å². The van der Waals surface area contributed by atoms with Gasteiger partial charge in [-0.15, -0.1) is 0 Å². The van der Waals surface area contributed by atoms with E-state index in [-0.39, 0.29) is 29.7 Å². The van der Waals surface area contributed by atoms with Crippen molar-refractivity contribution in [1.29, 1.82) is 0 Å². The van der Waals surface area contributed by atoms with Crippen LogP contribution in [0.4, 0.5) is 11.5 Å². The fourth-order valence-electron chi connectivity index (χ4n) is 6.70. The first-order chi connectivity index (χ1) is 18.3. The van der Waals surface area contributed by atoms with Crippen LogP contribution in [-0.4, -0.2) is 66.7 Å². The zero-order valence-corrected chi connectivity index (χ0v) is 22.2. The predicted octanol–water partition coefficient (Wildman–Crippen LogP) is 2.13. The number of amides is 2. The Hall–Kier alpha value is -3.44. The SMILES string of the molecule is CCOc1nc(C(=O)N(C)C)cnc1NC1NNC2CC([C@@H]3C[C@@]34C(=O)Nc3ccc(OC)cc34)CCC21. The summed E-state index contributed by atoms with van der Waals surface area (Å²) < 4.78 is 11.2. The lowest BCUT2D eigenvalue weighted by Gasteiger charge is -2.34. The minimum Gasteiger partial charge on any atom is -0.497 e. The van der Waals surface area contributed by atoms with Gasteiger partial charge in [0.25, 0.3) is 11.8 Å². The van der Waals surface area contributed by atoms with Crippen LogP contribution < -0.4 is 31.0 Å². The Morgan fingerprint density at radius 2 is 2.11 bits per heavy atom. The summed E-state index contributed by atoms with van der Waals surface area (Å²) in [5.74, 6) is 2.66. The van der Waals surface area contributed by atoms with Gasteiger partial charge in [0.05, 0.1) is 31.5 Å². The van der Waals surface area contributed by atoms with E-state index in [0.717, 1.165) is 42.7 Å². The fourth-order valence-corrected chi connectivity index (χ4v) is 6.70. The molecule has 11 heteroatoms. The number of nitrogens with one attached hydrogen (secondary N) is 4. The summed E-state index contributed by atoms with van der Waals surface area (Å²) in [5, 5.41) is 6.56. The molecule has 2 amide bonds. The second-order valence-electron chi connectivity index (χ2n) is 10.9. The summed E-state index contributed by atoms with van der Waals surface area (Å²) in [6, 6.07) is 6.16. The Bertz CT molecular complexity index is 1270. The normalized spacial score (nSPS) is 30.8. The Morgan fingerprint density at radius 3 is 2.87 bits per heavy atom. The summed E-state index contributed by atoms with van der Waals surface area (Å²) in [5.41, 5.74) is 8.71. The van der Waals surface area contributed by atoms with E-state index in [2.05, 4.69) is 31.5 Å². The minimum absolute atomic E-state index is 0.0576. The van der Waals surface area contributed by atoms with Gasteiger partial charge in [-0.25, -0.2) is 15.4 Å². The molecular formula is C27H35N7O4. The van der Waals surface area contributed by atoms with Crippen molar-refractivity contribution in [1.82, 2.24) is 25.7 Å². The van der Waals surface area contributed by atoms with E-state index in [1.165, 1.54) is 11.1 Å². The van der Waals surface area contributed by atoms with Gasteiger partial charge in [-0.3, -0.25) is 15.0 Å². The molecule has 4 N–H and O–H groups in total. The standard InChI is InChI=1S/C27H35N7O4/c1-5-38-24-23(28-13-21(29-24)25(35)34(2)3)31-22-16-8-6-14(10-20(16)32-33-22)18-12-27(18)17-11-15(37-4)7-9-19(17)30-26(27)36/h7,9,11,13-14,16,18,20,22,32-33H,5-6,8,10,12H2,1-4H3,(H,28,31)(H,30,36)/t14?,16?,18-,20?,22?,27-/m0/s1. The van der Waals surface area contributed by atoms with Crippen LogP contribution in [-0.2, 0) is 10.2 Å². The maximum Gasteiger partial charge on any atom is 0.273 e. The minimum atomic E-state index is -0.418. The number of fused-ring (bicyclic) bond motifs is 3. The van der Waals surface area contributed by atoms with E-state index in [0.29, 0.717) is 36.1 Å². The summed E-state index contributed by atoms with van der Waals surface area (Å²) in [4.78, 5) is 35.8. The van der Waals surface area contributed by atoms with Gasteiger partial charge in [0.15, 0.2) is 11.5 Å². The third-order valence-corrected chi connectivity index (χ3v) is 8.68. The van der Waals surface area contributed by atoms with E-state index in [9.17, 15) is 9.59 Å². The summed E-state index contributed by atoms with van der Waals surface area (Å²) in [6.45, 7) is 2.29. The molecule has 2 aliphatic heterocycles. The van der Waals surface area contributed by atoms with Crippen molar-refractivity contribution in [3.8, 4) is 11.6 Å². The van der Waals surface area contributed by atoms with Crippen LogP contribution in [0.5, 0.6) is 11.6 Å². The monoisotopic (exact) mass is 521 g/mol. The van der Waals surface area contributed by atoms with E-state index in [1.807, 2.05) is 25.1 Å². The van der Waals surface area contributed by atoms with Crippen molar-refractivity contribution >= 4 is 23.3 Å². The van der Waals surface area contributed by atoms with Crippen LogP contribution in [0.3, 0.4) is 0 Å². The number of benzene rings is 1. The molecule has 38 heavy (non-hydrogen) atoms. The number of carbonyl (C=O) groups excluding carboxylic acids is 2. The van der Waals surface area contributed by atoms with Crippen LogP contribution in [0.2, 0.25) is 0 Å². The van der Waals surface area contributed by atoms with Crippen molar-refractivity contribution in [3.05, 3.63) is 35.7 Å². The number of hydrazine groups is 1. The molecule has 202 valence electrons. The van der Waals surface area contributed by atoms with E-state index in [4.69, 9.17) is 9.47 Å². The van der Waals surface area contributed by atoms with Gasteiger partial charge in [-0.05, 0) is 68.2 Å². The molecule has 1 saturated heterocycles.